The number of carbonyl (C=O) groups is 2. The van der Waals surface area contributed by atoms with Crippen molar-refractivity contribution in [2.75, 3.05) is 0 Å². The van der Waals surface area contributed by atoms with Crippen LogP contribution in [-0.2, 0) is 11.3 Å². The van der Waals surface area contributed by atoms with Gasteiger partial charge in [0, 0.05) is 18.2 Å². The zero-order chi connectivity index (χ0) is 17.9. The highest BCUT2D eigenvalue weighted by Gasteiger charge is 2.38. The van der Waals surface area contributed by atoms with E-state index >= 15 is 0 Å². The van der Waals surface area contributed by atoms with Gasteiger partial charge < -0.3 is 10.4 Å². The smallest absolute Gasteiger partial charge is 0.356 e. The number of hydrogen-bond acceptors (Lipinski definition) is 3. The Bertz CT molecular complexity index is 776. The third-order valence-electron chi connectivity index (χ3n) is 5.16. The molecule has 25 heavy (non-hydrogen) atoms. The first-order valence-corrected chi connectivity index (χ1v) is 8.71. The van der Waals surface area contributed by atoms with Crippen LogP contribution < -0.4 is 5.32 Å². The average Bonchev–Trinajstić information content (AvgIpc) is 3.30. The Balaban J connectivity index is 1.69. The molecule has 1 aromatic carbocycles. The van der Waals surface area contributed by atoms with Crippen LogP contribution in [0.3, 0.4) is 0 Å². The Hall–Kier alpha value is -2.63. The number of benzene rings is 1. The standard InChI is InChI=1S/C19H23N3O3/c1-2-19(9-3-4-10-19)18(25)20-13-14-6-5-7-15(12-14)22-11-8-16(21-22)17(23)24/h5-8,11-12H,2-4,9-10,13H2,1H3,(H,20,25)(H,23,24). The maximum absolute atomic E-state index is 12.6. The zero-order valence-electron chi connectivity index (χ0n) is 14.4. The molecule has 1 aliphatic rings. The van der Waals surface area contributed by atoms with Crippen LogP contribution in [0.15, 0.2) is 36.5 Å². The van der Waals surface area contributed by atoms with E-state index in [9.17, 15) is 9.59 Å². The second-order valence-corrected chi connectivity index (χ2v) is 6.64. The van der Waals surface area contributed by atoms with Crippen molar-refractivity contribution in [1.82, 2.24) is 15.1 Å². The molecule has 0 spiro atoms. The zero-order valence-corrected chi connectivity index (χ0v) is 14.4. The van der Waals surface area contributed by atoms with Crippen LogP contribution in [0.1, 0.15) is 55.1 Å². The summed E-state index contributed by atoms with van der Waals surface area (Å²) < 4.78 is 1.53. The molecule has 0 saturated heterocycles. The summed E-state index contributed by atoms with van der Waals surface area (Å²) in [6, 6.07) is 9.05. The van der Waals surface area contributed by atoms with Crippen LogP contribution in [0.25, 0.3) is 5.69 Å². The lowest BCUT2D eigenvalue weighted by molar-refractivity contribution is -0.131. The number of aromatic carboxylic acids is 1. The Morgan fingerprint density at radius 2 is 2.04 bits per heavy atom. The maximum atomic E-state index is 12.6. The molecule has 1 aromatic heterocycles. The molecule has 0 bridgehead atoms. The summed E-state index contributed by atoms with van der Waals surface area (Å²) in [4.78, 5) is 23.6. The number of amides is 1. The van der Waals surface area contributed by atoms with Gasteiger partial charge in [-0.05, 0) is 43.0 Å². The molecule has 6 heteroatoms. The lowest BCUT2D eigenvalue weighted by atomic mass is 9.82. The minimum absolute atomic E-state index is 0.00447. The summed E-state index contributed by atoms with van der Waals surface area (Å²) in [5, 5.41) is 16.1. The van der Waals surface area contributed by atoms with Gasteiger partial charge in [0.15, 0.2) is 5.69 Å². The quantitative estimate of drug-likeness (QED) is 0.845. The first-order valence-electron chi connectivity index (χ1n) is 8.71. The van der Waals surface area contributed by atoms with Crippen molar-refractivity contribution in [3.8, 4) is 5.69 Å². The van der Waals surface area contributed by atoms with Gasteiger partial charge in [-0.2, -0.15) is 5.10 Å². The van der Waals surface area contributed by atoms with Crippen molar-refractivity contribution >= 4 is 11.9 Å². The van der Waals surface area contributed by atoms with Gasteiger partial charge in [-0.1, -0.05) is 31.9 Å². The average molecular weight is 341 g/mol. The topological polar surface area (TPSA) is 84.2 Å². The molecule has 0 unspecified atom stereocenters. The summed E-state index contributed by atoms with van der Waals surface area (Å²) in [6.45, 7) is 2.55. The molecular weight excluding hydrogens is 318 g/mol. The maximum Gasteiger partial charge on any atom is 0.356 e. The van der Waals surface area contributed by atoms with Crippen LogP contribution in [-0.4, -0.2) is 26.8 Å². The number of carboxylic acid groups (broad SMARTS) is 1. The van der Waals surface area contributed by atoms with Crippen molar-refractivity contribution in [2.24, 2.45) is 5.41 Å². The molecule has 2 N–H and O–H groups in total. The molecule has 1 amide bonds. The highest BCUT2D eigenvalue weighted by Crippen LogP contribution is 2.41. The fraction of sp³-hybridized carbons (Fsp3) is 0.421. The second kappa shape index (κ2) is 7.09. The number of hydrogen-bond donors (Lipinski definition) is 2. The minimum Gasteiger partial charge on any atom is -0.476 e. The first kappa shape index (κ1) is 17.2. The van der Waals surface area contributed by atoms with E-state index in [4.69, 9.17) is 5.11 Å². The van der Waals surface area contributed by atoms with Gasteiger partial charge in [0.25, 0.3) is 0 Å². The van der Waals surface area contributed by atoms with E-state index in [-0.39, 0.29) is 17.0 Å². The fourth-order valence-electron chi connectivity index (χ4n) is 3.55. The van der Waals surface area contributed by atoms with Crippen molar-refractivity contribution in [3.63, 3.8) is 0 Å². The summed E-state index contributed by atoms with van der Waals surface area (Å²) in [5.41, 5.74) is 1.54. The summed E-state index contributed by atoms with van der Waals surface area (Å²) in [6.07, 6.45) is 6.70. The predicted octanol–water partition coefficient (Wildman–Crippen LogP) is 3.16. The van der Waals surface area contributed by atoms with Crippen molar-refractivity contribution in [1.29, 1.82) is 0 Å². The van der Waals surface area contributed by atoms with Gasteiger partial charge in [0.2, 0.25) is 5.91 Å². The van der Waals surface area contributed by atoms with Gasteiger partial charge in [-0.25, -0.2) is 9.48 Å². The largest absolute Gasteiger partial charge is 0.476 e. The third kappa shape index (κ3) is 3.57. The lowest BCUT2D eigenvalue weighted by Crippen LogP contribution is -2.38. The molecule has 1 heterocycles. The van der Waals surface area contributed by atoms with E-state index in [1.807, 2.05) is 24.3 Å². The molecule has 132 valence electrons. The summed E-state index contributed by atoms with van der Waals surface area (Å²) in [7, 11) is 0. The Kier molecular flexibility index (Phi) is 4.88. The summed E-state index contributed by atoms with van der Waals surface area (Å²) >= 11 is 0. The Morgan fingerprint density at radius 3 is 2.68 bits per heavy atom. The normalized spacial score (nSPS) is 15.9. The molecule has 0 radical (unpaired) electrons. The molecule has 1 saturated carbocycles. The highest BCUT2D eigenvalue weighted by atomic mass is 16.4. The van der Waals surface area contributed by atoms with Crippen molar-refractivity contribution in [2.45, 2.75) is 45.6 Å². The van der Waals surface area contributed by atoms with E-state index in [1.165, 1.54) is 10.7 Å². The Morgan fingerprint density at radius 1 is 1.28 bits per heavy atom. The van der Waals surface area contributed by atoms with Gasteiger partial charge in [0.1, 0.15) is 0 Å². The van der Waals surface area contributed by atoms with Gasteiger partial charge in [-0.15, -0.1) is 0 Å². The number of carbonyl (C=O) groups excluding carboxylic acids is 1. The second-order valence-electron chi connectivity index (χ2n) is 6.64. The van der Waals surface area contributed by atoms with E-state index in [0.29, 0.717) is 6.54 Å². The van der Waals surface area contributed by atoms with Crippen LogP contribution >= 0.6 is 0 Å². The van der Waals surface area contributed by atoms with E-state index in [0.717, 1.165) is 43.4 Å². The predicted molar refractivity (Wildman–Crippen MR) is 93.6 cm³/mol. The number of aromatic nitrogens is 2. The van der Waals surface area contributed by atoms with E-state index < -0.39 is 5.97 Å². The van der Waals surface area contributed by atoms with Crippen LogP contribution in [0.5, 0.6) is 0 Å². The van der Waals surface area contributed by atoms with Gasteiger partial charge in [0.05, 0.1) is 5.69 Å². The van der Waals surface area contributed by atoms with Crippen molar-refractivity contribution in [3.05, 3.63) is 47.8 Å². The van der Waals surface area contributed by atoms with Crippen LogP contribution in [0, 0.1) is 5.41 Å². The minimum atomic E-state index is -1.05. The number of carboxylic acids is 1. The van der Waals surface area contributed by atoms with E-state index in [2.05, 4.69) is 17.3 Å². The van der Waals surface area contributed by atoms with Crippen LogP contribution in [0.4, 0.5) is 0 Å². The van der Waals surface area contributed by atoms with Crippen LogP contribution in [0.2, 0.25) is 0 Å². The molecule has 1 fully saturated rings. The SMILES string of the molecule is CCC1(C(=O)NCc2cccc(-n3ccc(C(=O)O)n3)c2)CCCC1. The number of nitrogens with one attached hydrogen (secondary N) is 1. The van der Waals surface area contributed by atoms with Gasteiger partial charge >= 0.3 is 5.97 Å². The highest BCUT2D eigenvalue weighted by molar-refractivity contribution is 5.85. The lowest BCUT2D eigenvalue weighted by Gasteiger charge is -2.26. The molecule has 2 aromatic rings. The van der Waals surface area contributed by atoms with Gasteiger partial charge in [-0.3, -0.25) is 4.79 Å². The first-order chi connectivity index (χ1) is 12.0. The molecule has 0 atom stereocenters. The molecule has 6 nitrogen and oxygen atoms in total. The summed E-state index contributed by atoms with van der Waals surface area (Å²) in [5.74, 6) is -0.909. The number of rotatable bonds is 6. The molecule has 0 aliphatic heterocycles. The third-order valence-corrected chi connectivity index (χ3v) is 5.16. The van der Waals surface area contributed by atoms with E-state index in [1.54, 1.807) is 6.20 Å². The monoisotopic (exact) mass is 341 g/mol. The molecular formula is C19H23N3O3. The fourth-order valence-corrected chi connectivity index (χ4v) is 3.55. The molecule has 3 rings (SSSR count). The molecule has 1 aliphatic carbocycles. The number of nitrogens with zero attached hydrogens (tertiary/aromatic N) is 2. The van der Waals surface area contributed by atoms with Crippen molar-refractivity contribution < 1.29 is 14.7 Å². The Labute approximate surface area is 146 Å².